The molecule has 0 aliphatic rings. The normalized spacial score (nSPS) is 13.1. The van der Waals surface area contributed by atoms with Crippen molar-refractivity contribution in [2.75, 3.05) is 0 Å². The van der Waals surface area contributed by atoms with Crippen molar-refractivity contribution in [1.29, 1.82) is 0 Å². The summed E-state index contributed by atoms with van der Waals surface area (Å²) in [5.41, 5.74) is 1.98. The summed E-state index contributed by atoms with van der Waals surface area (Å²) in [5.74, 6) is 0. The quantitative estimate of drug-likeness (QED) is 0.671. The van der Waals surface area contributed by atoms with Crippen LogP contribution in [-0.4, -0.2) is 15.0 Å². The van der Waals surface area contributed by atoms with Crippen LogP contribution in [0.5, 0.6) is 0 Å². The van der Waals surface area contributed by atoms with Crippen LogP contribution in [0.15, 0.2) is 35.8 Å². The second-order valence-electron chi connectivity index (χ2n) is 3.85. The molecule has 1 atom stereocenters. The van der Waals surface area contributed by atoms with Crippen molar-refractivity contribution in [3.63, 3.8) is 0 Å². The van der Waals surface area contributed by atoms with E-state index in [1.54, 1.807) is 11.3 Å². The Balaban J connectivity index is 2.06. The molecule has 2 heterocycles. The molecule has 0 N–H and O–H groups in total. The number of hydrogen-bond acceptors (Lipinski definition) is 3. The SMILES string of the molecule is CC(Br)c1cn(-c2ccc3sccc3c2)nn1. The van der Waals surface area contributed by atoms with E-state index in [1.165, 1.54) is 10.1 Å². The van der Waals surface area contributed by atoms with Crippen LogP contribution >= 0.6 is 27.3 Å². The molecule has 0 amide bonds. The van der Waals surface area contributed by atoms with Crippen molar-refractivity contribution >= 4 is 37.4 Å². The number of fused-ring (bicyclic) bond motifs is 1. The molecular formula is C12H10BrN3S. The zero-order chi connectivity index (χ0) is 11.8. The molecule has 3 nitrogen and oxygen atoms in total. The average Bonchev–Trinajstić information content (AvgIpc) is 2.97. The molecule has 0 saturated carbocycles. The highest BCUT2D eigenvalue weighted by Crippen LogP contribution is 2.24. The van der Waals surface area contributed by atoms with E-state index in [0.717, 1.165) is 11.4 Å². The van der Waals surface area contributed by atoms with E-state index in [1.807, 2.05) is 17.8 Å². The molecule has 0 saturated heterocycles. The highest BCUT2D eigenvalue weighted by atomic mass is 79.9. The van der Waals surface area contributed by atoms with Crippen molar-refractivity contribution in [1.82, 2.24) is 15.0 Å². The number of thiophene rings is 1. The van der Waals surface area contributed by atoms with Gasteiger partial charge < -0.3 is 0 Å². The molecule has 0 aliphatic heterocycles. The molecule has 0 bridgehead atoms. The van der Waals surface area contributed by atoms with Gasteiger partial charge in [0, 0.05) is 4.70 Å². The van der Waals surface area contributed by atoms with E-state index in [4.69, 9.17) is 0 Å². The van der Waals surface area contributed by atoms with E-state index >= 15 is 0 Å². The van der Waals surface area contributed by atoms with Gasteiger partial charge in [0.1, 0.15) is 0 Å². The van der Waals surface area contributed by atoms with Crippen LogP contribution in [0.25, 0.3) is 15.8 Å². The van der Waals surface area contributed by atoms with E-state index in [0.29, 0.717) is 0 Å². The van der Waals surface area contributed by atoms with Gasteiger partial charge in [-0.2, -0.15) is 0 Å². The zero-order valence-corrected chi connectivity index (χ0v) is 11.6. The fourth-order valence-electron chi connectivity index (χ4n) is 1.68. The summed E-state index contributed by atoms with van der Waals surface area (Å²) in [4.78, 5) is 0.223. The Morgan fingerprint density at radius 2 is 2.24 bits per heavy atom. The number of nitrogens with zero attached hydrogens (tertiary/aromatic N) is 3. The summed E-state index contributed by atoms with van der Waals surface area (Å²) in [6.45, 7) is 2.04. The Bertz CT molecular complexity index is 656. The molecule has 3 rings (SSSR count). The lowest BCUT2D eigenvalue weighted by atomic mass is 10.2. The van der Waals surface area contributed by atoms with Gasteiger partial charge in [-0.1, -0.05) is 21.1 Å². The summed E-state index contributed by atoms with van der Waals surface area (Å²) in [6, 6.07) is 8.43. The maximum Gasteiger partial charge on any atom is 0.0965 e. The molecule has 1 unspecified atom stereocenters. The van der Waals surface area contributed by atoms with Crippen LogP contribution in [0.1, 0.15) is 17.4 Å². The molecule has 0 spiro atoms. The molecule has 3 aromatic rings. The van der Waals surface area contributed by atoms with Crippen LogP contribution in [0, 0.1) is 0 Å². The van der Waals surface area contributed by atoms with Gasteiger partial charge in [0.2, 0.25) is 0 Å². The fourth-order valence-corrected chi connectivity index (χ4v) is 2.66. The minimum absolute atomic E-state index is 0.223. The number of alkyl halides is 1. The van der Waals surface area contributed by atoms with Crippen LogP contribution in [0.4, 0.5) is 0 Å². The predicted molar refractivity (Wildman–Crippen MR) is 74.1 cm³/mol. The summed E-state index contributed by atoms with van der Waals surface area (Å²) in [6.07, 6.45) is 1.95. The first-order chi connectivity index (χ1) is 8.24. The predicted octanol–water partition coefficient (Wildman–Crippen LogP) is 3.94. The molecule has 0 fully saturated rings. The van der Waals surface area contributed by atoms with Gasteiger partial charge in [0.15, 0.2) is 0 Å². The molecule has 0 radical (unpaired) electrons. The van der Waals surface area contributed by atoms with Gasteiger partial charge in [-0.05, 0) is 42.0 Å². The molecule has 86 valence electrons. The third kappa shape index (κ3) is 2.00. The monoisotopic (exact) mass is 307 g/mol. The third-order valence-corrected chi connectivity index (χ3v) is 3.99. The van der Waals surface area contributed by atoms with Crippen LogP contribution in [-0.2, 0) is 0 Å². The minimum atomic E-state index is 0.223. The van der Waals surface area contributed by atoms with E-state index in [-0.39, 0.29) is 4.83 Å². The standard InChI is InChI=1S/C12H10BrN3S/c1-8(13)11-7-16(15-14-11)10-2-3-12-9(6-10)4-5-17-12/h2-8H,1H3. The van der Waals surface area contributed by atoms with E-state index in [2.05, 4.69) is 55.9 Å². The molecule has 0 aliphatic carbocycles. The molecule has 2 aromatic heterocycles. The Labute approximate surface area is 111 Å². The topological polar surface area (TPSA) is 30.7 Å². The average molecular weight is 308 g/mol. The third-order valence-electron chi connectivity index (χ3n) is 2.62. The van der Waals surface area contributed by atoms with Gasteiger partial charge in [0.25, 0.3) is 0 Å². The van der Waals surface area contributed by atoms with Crippen molar-refractivity contribution in [3.8, 4) is 5.69 Å². The maximum absolute atomic E-state index is 4.14. The first kappa shape index (κ1) is 10.9. The molecule has 1 aromatic carbocycles. The maximum atomic E-state index is 4.14. The van der Waals surface area contributed by atoms with Gasteiger partial charge in [-0.15, -0.1) is 16.4 Å². The van der Waals surface area contributed by atoms with Gasteiger partial charge in [-0.3, -0.25) is 0 Å². The molecular weight excluding hydrogens is 298 g/mol. The van der Waals surface area contributed by atoms with E-state index in [9.17, 15) is 0 Å². The highest BCUT2D eigenvalue weighted by molar-refractivity contribution is 9.09. The van der Waals surface area contributed by atoms with Crippen molar-refractivity contribution in [2.45, 2.75) is 11.8 Å². The largest absolute Gasteiger partial charge is 0.220 e. The Morgan fingerprint density at radius 1 is 1.35 bits per heavy atom. The summed E-state index contributed by atoms with van der Waals surface area (Å²) in [5, 5.41) is 11.6. The fraction of sp³-hybridized carbons (Fsp3) is 0.167. The van der Waals surface area contributed by atoms with Crippen molar-refractivity contribution in [2.24, 2.45) is 0 Å². The van der Waals surface area contributed by atoms with Crippen LogP contribution in [0.2, 0.25) is 0 Å². The van der Waals surface area contributed by atoms with Gasteiger partial charge in [-0.25, -0.2) is 4.68 Å². The second-order valence-corrected chi connectivity index (χ2v) is 6.17. The first-order valence-corrected chi connectivity index (χ1v) is 7.07. The second kappa shape index (κ2) is 4.23. The van der Waals surface area contributed by atoms with E-state index < -0.39 is 0 Å². The Morgan fingerprint density at radius 3 is 3.00 bits per heavy atom. The van der Waals surface area contributed by atoms with Crippen LogP contribution in [0.3, 0.4) is 0 Å². The van der Waals surface area contributed by atoms with Gasteiger partial charge >= 0.3 is 0 Å². The highest BCUT2D eigenvalue weighted by Gasteiger charge is 2.07. The molecule has 5 heteroatoms. The lowest BCUT2D eigenvalue weighted by Crippen LogP contribution is -1.93. The number of rotatable bonds is 2. The summed E-state index contributed by atoms with van der Waals surface area (Å²) in [7, 11) is 0. The number of hydrogen-bond donors (Lipinski definition) is 0. The smallest absolute Gasteiger partial charge is 0.0965 e. The van der Waals surface area contributed by atoms with Gasteiger partial charge in [0.05, 0.1) is 22.4 Å². The lowest BCUT2D eigenvalue weighted by molar-refractivity contribution is 0.798. The number of aromatic nitrogens is 3. The Kier molecular flexibility index (Phi) is 2.72. The minimum Gasteiger partial charge on any atom is -0.220 e. The Hall–Kier alpha value is -1.20. The lowest BCUT2D eigenvalue weighted by Gasteiger charge is -1.99. The zero-order valence-electron chi connectivity index (χ0n) is 9.17. The summed E-state index contributed by atoms with van der Waals surface area (Å²) >= 11 is 5.24. The number of halogens is 1. The first-order valence-electron chi connectivity index (χ1n) is 5.28. The number of benzene rings is 1. The molecule has 17 heavy (non-hydrogen) atoms. The van der Waals surface area contributed by atoms with Crippen LogP contribution < -0.4 is 0 Å². The summed E-state index contributed by atoms with van der Waals surface area (Å²) < 4.78 is 3.10. The van der Waals surface area contributed by atoms with Crippen molar-refractivity contribution in [3.05, 3.63) is 41.5 Å². The van der Waals surface area contributed by atoms with Crippen molar-refractivity contribution < 1.29 is 0 Å².